The maximum Gasteiger partial charge on any atom is 0.416 e. The van der Waals surface area contributed by atoms with Gasteiger partial charge in [-0.3, -0.25) is 0 Å². The molecule has 0 aliphatic rings. The van der Waals surface area contributed by atoms with Gasteiger partial charge in [0.05, 0.1) is 23.7 Å². The van der Waals surface area contributed by atoms with E-state index < -0.39 is 23.8 Å². The average Bonchev–Trinajstić information content (AvgIpc) is 2.26. The monoisotopic (exact) mass is 229 g/mol. The Hall–Kier alpha value is -1.54. The molecule has 0 heterocycles. The molecule has 1 rings (SSSR count). The molecule has 2 unspecified atom stereocenters. The van der Waals surface area contributed by atoms with Gasteiger partial charge >= 0.3 is 6.18 Å². The molecule has 1 aromatic rings. The van der Waals surface area contributed by atoms with E-state index in [9.17, 15) is 18.3 Å². The van der Waals surface area contributed by atoms with Crippen molar-refractivity contribution in [3.8, 4) is 6.07 Å². The molecule has 2 nitrogen and oxygen atoms in total. The van der Waals surface area contributed by atoms with Crippen LogP contribution in [0, 0.1) is 17.2 Å². The molecule has 0 amide bonds. The van der Waals surface area contributed by atoms with Crippen LogP contribution in [0.4, 0.5) is 13.2 Å². The van der Waals surface area contributed by atoms with E-state index in [0.717, 1.165) is 6.07 Å². The zero-order valence-electron chi connectivity index (χ0n) is 8.49. The Morgan fingerprint density at radius 1 is 1.31 bits per heavy atom. The van der Waals surface area contributed by atoms with E-state index in [4.69, 9.17) is 5.26 Å². The van der Waals surface area contributed by atoms with Crippen LogP contribution < -0.4 is 0 Å². The van der Waals surface area contributed by atoms with Crippen LogP contribution in [0.1, 0.15) is 24.2 Å². The lowest BCUT2D eigenvalue weighted by Gasteiger charge is -2.18. The molecule has 16 heavy (non-hydrogen) atoms. The second-order valence-electron chi connectivity index (χ2n) is 3.45. The van der Waals surface area contributed by atoms with Crippen molar-refractivity contribution in [3.63, 3.8) is 0 Å². The van der Waals surface area contributed by atoms with Crippen LogP contribution in [0.15, 0.2) is 24.3 Å². The van der Waals surface area contributed by atoms with Crippen molar-refractivity contribution >= 4 is 0 Å². The molecular formula is C11H10F3NO. The highest BCUT2D eigenvalue weighted by atomic mass is 19.4. The van der Waals surface area contributed by atoms with Gasteiger partial charge < -0.3 is 5.11 Å². The third-order valence-electron chi connectivity index (χ3n) is 2.26. The second-order valence-corrected chi connectivity index (χ2v) is 3.45. The maximum atomic E-state index is 12.6. The number of alkyl halides is 3. The number of nitriles is 1. The van der Waals surface area contributed by atoms with Gasteiger partial charge in [-0.2, -0.15) is 18.4 Å². The summed E-state index contributed by atoms with van der Waals surface area (Å²) in [5.41, 5.74) is -1.16. The third kappa shape index (κ3) is 2.52. The van der Waals surface area contributed by atoms with Gasteiger partial charge in [-0.15, -0.1) is 0 Å². The van der Waals surface area contributed by atoms with Crippen molar-refractivity contribution in [1.82, 2.24) is 0 Å². The Morgan fingerprint density at radius 2 is 1.88 bits per heavy atom. The van der Waals surface area contributed by atoms with E-state index in [0.29, 0.717) is 0 Å². The third-order valence-corrected chi connectivity index (χ3v) is 2.26. The first-order valence-electron chi connectivity index (χ1n) is 4.61. The van der Waals surface area contributed by atoms with Crippen LogP contribution in [0.25, 0.3) is 0 Å². The van der Waals surface area contributed by atoms with Gasteiger partial charge in [0, 0.05) is 0 Å². The van der Waals surface area contributed by atoms with Gasteiger partial charge in [-0.05, 0) is 18.6 Å². The number of halogens is 3. The predicted octanol–water partition coefficient (Wildman–Crippen LogP) is 2.90. The lowest BCUT2D eigenvalue weighted by Crippen LogP contribution is -2.15. The Balaban J connectivity index is 3.20. The first-order chi connectivity index (χ1) is 7.38. The van der Waals surface area contributed by atoms with Crippen LogP contribution in [0.5, 0.6) is 0 Å². The summed E-state index contributed by atoms with van der Waals surface area (Å²) in [5, 5.41) is 18.2. The first kappa shape index (κ1) is 12.5. The smallest absolute Gasteiger partial charge is 0.387 e. The molecule has 0 saturated heterocycles. The standard InChI is InChI=1S/C11H10F3NO/c1-7(6-15)10(16)8-4-2-3-5-9(8)11(12,13)14/h2-5,7,10,16H,1H3. The fraction of sp³-hybridized carbons (Fsp3) is 0.364. The molecule has 0 aliphatic heterocycles. The summed E-state index contributed by atoms with van der Waals surface area (Å²) in [5.74, 6) is -0.886. The number of aliphatic hydroxyl groups is 1. The number of aliphatic hydroxyl groups excluding tert-OH is 1. The molecule has 86 valence electrons. The Kier molecular flexibility index (Phi) is 3.55. The number of hydrogen-bond acceptors (Lipinski definition) is 2. The van der Waals surface area contributed by atoms with Crippen molar-refractivity contribution in [2.75, 3.05) is 0 Å². The fourth-order valence-corrected chi connectivity index (χ4v) is 1.35. The number of nitrogens with zero attached hydrogens (tertiary/aromatic N) is 1. The van der Waals surface area contributed by atoms with Crippen molar-refractivity contribution in [2.24, 2.45) is 5.92 Å². The van der Waals surface area contributed by atoms with Crippen molar-refractivity contribution in [3.05, 3.63) is 35.4 Å². The van der Waals surface area contributed by atoms with E-state index in [2.05, 4.69) is 0 Å². The van der Waals surface area contributed by atoms with Gasteiger partial charge in [0.1, 0.15) is 0 Å². The molecule has 2 atom stereocenters. The molecule has 1 aromatic carbocycles. The molecule has 0 fully saturated rings. The number of rotatable bonds is 2. The minimum absolute atomic E-state index is 0.260. The molecule has 0 bridgehead atoms. The molecule has 1 N–H and O–H groups in total. The highest BCUT2D eigenvalue weighted by molar-refractivity contribution is 5.32. The van der Waals surface area contributed by atoms with E-state index in [1.807, 2.05) is 0 Å². The predicted molar refractivity (Wildman–Crippen MR) is 51.2 cm³/mol. The topological polar surface area (TPSA) is 44.0 Å². The highest BCUT2D eigenvalue weighted by Crippen LogP contribution is 2.36. The van der Waals surface area contributed by atoms with Gasteiger partial charge in [-0.1, -0.05) is 18.2 Å². The van der Waals surface area contributed by atoms with E-state index in [-0.39, 0.29) is 5.56 Å². The Morgan fingerprint density at radius 3 is 2.38 bits per heavy atom. The van der Waals surface area contributed by atoms with Crippen molar-refractivity contribution < 1.29 is 18.3 Å². The van der Waals surface area contributed by atoms with Crippen LogP contribution >= 0.6 is 0 Å². The van der Waals surface area contributed by atoms with Gasteiger partial charge in [0.2, 0.25) is 0 Å². The molecule has 0 aromatic heterocycles. The molecular weight excluding hydrogens is 219 g/mol. The zero-order chi connectivity index (χ0) is 12.3. The quantitative estimate of drug-likeness (QED) is 0.847. The zero-order valence-corrected chi connectivity index (χ0v) is 8.49. The minimum Gasteiger partial charge on any atom is -0.387 e. The van der Waals surface area contributed by atoms with Gasteiger partial charge in [0.15, 0.2) is 0 Å². The molecule has 0 aliphatic carbocycles. The van der Waals surface area contributed by atoms with Gasteiger partial charge in [-0.25, -0.2) is 0 Å². The number of benzene rings is 1. The molecule has 0 saturated carbocycles. The summed E-state index contributed by atoms with van der Waals surface area (Å²) >= 11 is 0. The van der Waals surface area contributed by atoms with Crippen LogP contribution in [0.3, 0.4) is 0 Å². The van der Waals surface area contributed by atoms with Crippen LogP contribution in [-0.4, -0.2) is 5.11 Å². The van der Waals surface area contributed by atoms with E-state index in [1.165, 1.54) is 25.1 Å². The average molecular weight is 229 g/mol. The van der Waals surface area contributed by atoms with Gasteiger partial charge in [0.25, 0.3) is 0 Å². The summed E-state index contributed by atoms with van der Waals surface area (Å²) < 4.78 is 37.7. The summed E-state index contributed by atoms with van der Waals surface area (Å²) in [6.07, 6.45) is -5.95. The summed E-state index contributed by atoms with van der Waals surface area (Å²) in [7, 11) is 0. The maximum absolute atomic E-state index is 12.6. The largest absolute Gasteiger partial charge is 0.416 e. The fourth-order valence-electron chi connectivity index (χ4n) is 1.35. The van der Waals surface area contributed by atoms with Crippen molar-refractivity contribution in [2.45, 2.75) is 19.2 Å². The highest BCUT2D eigenvalue weighted by Gasteiger charge is 2.35. The Labute approximate surface area is 90.9 Å². The van der Waals surface area contributed by atoms with Crippen molar-refractivity contribution in [1.29, 1.82) is 5.26 Å². The summed E-state index contributed by atoms with van der Waals surface area (Å²) in [6.45, 7) is 1.37. The van der Waals surface area contributed by atoms with E-state index in [1.54, 1.807) is 6.07 Å². The lowest BCUT2D eigenvalue weighted by molar-refractivity contribution is -0.139. The molecule has 0 radical (unpaired) electrons. The van der Waals surface area contributed by atoms with Crippen LogP contribution in [0.2, 0.25) is 0 Å². The second kappa shape index (κ2) is 4.54. The van der Waals surface area contributed by atoms with E-state index >= 15 is 0 Å². The first-order valence-corrected chi connectivity index (χ1v) is 4.61. The minimum atomic E-state index is -4.52. The summed E-state index contributed by atoms with van der Waals surface area (Å²) in [6, 6.07) is 6.44. The lowest BCUT2D eigenvalue weighted by atomic mass is 9.94. The summed E-state index contributed by atoms with van der Waals surface area (Å²) in [4.78, 5) is 0. The SMILES string of the molecule is CC(C#N)C(O)c1ccccc1C(F)(F)F. The molecule has 5 heteroatoms. The van der Waals surface area contributed by atoms with Crippen LogP contribution in [-0.2, 0) is 6.18 Å². The number of hydrogen-bond donors (Lipinski definition) is 1. The normalized spacial score (nSPS) is 15.2. The Bertz CT molecular complexity index is 408. The molecule has 0 spiro atoms.